The molecule has 0 N–H and O–H groups in total. The molecule has 0 aromatic heterocycles. The summed E-state index contributed by atoms with van der Waals surface area (Å²) in [5.74, 6) is 1.67. The molecule has 0 amide bonds. The largest absolute Gasteiger partial charge is 0.0696 e. The Bertz CT molecular complexity index is 463. The van der Waals surface area contributed by atoms with E-state index in [0.29, 0.717) is 0 Å². The molecule has 0 aliphatic heterocycles. The van der Waals surface area contributed by atoms with E-state index in [4.69, 9.17) is 0 Å². The number of rotatable bonds is 1. The Morgan fingerprint density at radius 3 is 2.73 bits per heavy atom. The van der Waals surface area contributed by atoms with Crippen molar-refractivity contribution in [3.05, 3.63) is 53.1 Å². The maximum atomic E-state index is 2.32. The van der Waals surface area contributed by atoms with Crippen LogP contribution in [0.4, 0.5) is 0 Å². The molecule has 0 heterocycles. The van der Waals surface area contributed by atoms with Gasteiger partial charge in [-0.1, -0.05) is 47.6 Å². The average Bonchev–Trinajstić information content (AvgIpc) is 2.99. The molecule has 0 bridgehead atoms. The zero-order valence-electron chi connectivity index (χ0n) is 9.33. The zero-order valence-corrected chi connectivity index (χ0v) is 9.33. The first kappa shape index (κ1) is 8.96. The summed E-state index contributed by atoms with van der Waals surface area (Å²) in [6.07, 6.45) is 5.98. The van der Waals surface area contributed by atoms with Crippen molar-refractivity contribution in [1.29, 1.82) is 0 Å². The maximum Gasteiger partial charge on any atom is -0.00843 e. The SMILES string of the molecule is CC1=CC=C(c2cccc(C)c2)C2CC12. The van der Waals surface area contributed by atoms with Crippen molar-refractivity contribution in [1.82, 2.24) is 0 Å². The van der Waals surface area contributed by atoms with Crippen molar-refractivity contribution in [3.63, 3.8) is 0 Å². The normalized spacial score (nSPS) is 27.9. The number of fused-ring (bicyclic) bond motifs is 1. The maximum absolute atomic E-state index is 2.32. The minimum atomic E-state index is 0.816. The van der Waals surface area contributed by atoms with Crippen molar-refractivity contribution in [2.24, 2.45) is 11.8 Å². The van der Waals surface area contributed by atoms with Crippen molar-refractivity contribution in [2.75, 3.05) is 0 Å². The van der Waals surface area contributed by atoms with Crippen LogP contribution < -0.4 is 0 Å². The van der Waals surface area contributed by atoms with Gasteiger partial charge in [-0.05, 0) is 43.2 Å². The average molecular weight is 196 g/mol. The van der Waals surface area contributed by atoms with Crippen molar-refractivity contribution < 1.29 is 0 Å². The van der Waals surface area contributed by atoms with Crippen LogP contribution in [0.1, 0.15) is 24.5 Å². The van der Waals surface area contributed by atoms with Gasteiger partial charge >= 0.3 is 0 Å². The van der Waals surface area contributed by atoms with Gasteiger partial charge in [-0.15, -0.1) is 0 Å². The number of hydrogen-bond donors (Lipinski definition) is 0. The van der Waals surface area contributed by atoms with Crippen LogP contribution in [-0.2, 0) is 0 Å². The van der Waals surface area contributed by atoms with E-state index in [9.17, 15) is 0 Å². The lowest BCUT2D eigenvalue weighted by Crippen LogP contribution is -1.95. The lowest BCUT2D eigenvalue weighted by atomic mass is 9.93. The molecule has 1 saturated carbocycles. The molecule has 1 fully saturated rings. The van der Waals surface area contributed by atoms with Crippen LogP contribution in [0.3, 0.4) is 0 Å². The quantitative estimate of drug-likeness (QED) is 0.637. The summed E-state index contributed by atoms with van der Waals surface area (Å²) in [5.41, 5.74) is 5.90. The third-order valence-corrected chi connectivity index (χ3v) is 3.65. The van der Waals surface area contributed by atoms with Gasteiger partial charge in [0.25, 0.3) is 0 Å². The standard InChI is InChI=1S/C15H16/c1-10-4-3-5-12(8-10)13-7-6-11(2)14-9-15(13)14/h3-8,14-15H,9H2,1-2H3. The van der Waals surface area contributed by atoms with Gasteiger partial charge in [0.1, 0.15) is 0 Å². The topological polar surface area (TPSA) is 0 Å². The predicted molar refractivity (Wildman–Crippen MR) is 64.5 cm³/mol. The second-order valence-electron chi connectivity index (χ2n) is 4.85. The van der Waals surface area contributed by atoms with Crippen LogP contribution >= 0.6 is 0 Å². The van der Waals surface area contributed by atoms with E-state index in [0.717, 1.165) is 11.8 Å². The minimum absolute atomic E-state index is 0.816. The first-order valence-electron chi connectivity index (χ1n) is 5.71. The van der Waals surface area contributed by atoms with E-state index in [-0.39, 0.29) is 0 Å². The highest BCUT2D eigenvalue weighted by molar-refractivity contribution is 5.74. The van der Waals surface area contributed by atoms with Crippen LogP contribution in [0, 0.1) is 18.8 Å². The van der Waals surface area contributed by atoms with Crippen LogP contribution in [0.15, 0.2) is 42.0 Å². The van der Waals surface area contributed by atoms with Crippen molar-refractivity contribution in [3.8, 4) is 0 Å². The summed E-state index contributed by atoms with van der Waals surface area (Å²) in [6.45, 7) is 4.42. The fourth-order valence-electron chi connectivity index (χ4n) is 2.65. The number of benzene rings is 1. The van der Waals surface area contributed by atoms with Crippen molar-refractivity contribution >= 4 is 5.57 Å². The minimum Gasteiger partial charge on any atom is -0.0696 e. The van der Waals surface area contributed by atoms with Gasteiger partial charge in [0.2, 0.25) is 0 Å². The van der Waals surface area contributed by atoms with Crippen LogP contribution in [0.25, 0.3) is 5.57 Å². The summed E-state index contributed by atoms with van der Waals surface area (Å²) in [5, 5.41) is 0. The van der Waals surface area contributed by atoms with Gasteiger partial charge in [-0.3, -0.25) is 0 Å². The Hall–Kier alpha value is -1.30. The van der Waals surface area contributed by atoms with E-state index < -0.39 is 0 Å². The molecule has 76 valence electrons. The zero-order chi connectivity index (χ0) is 10.4. The van der Waals surface area contributed by atoms with E-state index in [1.165, 1.54) is 17.5 Å². The van der Waals surface area contributed by atoms with Gasteiger partial charge in [-0.2, -0.15) is 0 Å². The first-order chi connectivity index (χ1) is 7.25. The fourth-order valence-corrected chi connectivity index (χ4v) is 2.65. The molecule has 1 aromatic rings. The molecule has 3 rings (SSSR count). The molecular formula is C15H16. The van der Waals surface area contributed by atoms with E-state index in [1.807, 2.05) is 0 Å². The lowest BCUT2D eigenvalue weighted by molar-refractivity contribution is 0.923. The highest BCUT2D eigenvalue weighted by atomic mass is 14.5. The Morgan fingerprint density at radius 2 is 1.93 bits per heavy atom. The molecule has 2 unspecified atom stereocenters. The first-order valence-corrected chi connectivity index (χ1v) is 5.71. The Morgan fingerprint density at radius 1 is 1.07 bits per heavy atom. The highest BCUT2D eigenvalue weighted by Gasteiger charge is 2.42. The fraction of sp³-hybridized carbons (Fsp3) is 0.333. The van der Waals surface area contributed by atoms with Gasteiger partial charge in [0, 0.05) is 0 Å². The molecule has 1 aromatic carbocycles. The molecule has 0 nitrogen and oxygen atoms in total. The summed E-state index contributed by atoms with van der Waals surface area (Å²) < 4.78 is 0. The molecule has 2 atom stereocenters. The molecule has 2 aliphatic rings. The molecule has 2 aliphatic carbocycles. The van der Waals surface area contributed by atoms with Crippen LogP contribution in [0.5, 0.6) is 0 Å². The lowest BCUT2D eigenvalue weighted by Gasteiger charge is -2.12. The summed E-state index contributed by atoms with van der Waals surface area (Å²) in [7, 11) is 0. The molecule has 0 heteroatoms. The van der Waals surface area contributed by atoms with Gasteiger partial charge in [0.05, 0.1) is 0 Å². The van der Waals surface area contributed by atoms with Crippen LogP contribution in [-0.4, -0.2) is 0 Å². The van der Waals surface area contributed by atoms with E-state index in [2.05, 4.69) is 50.3 Å². The van der Waals surface area contributed by atoms with E-state index >= 15 is 0 Å². The Kier molecular flexibility index (Phi) is 1.85. The summed E-state index contributed by atoms with van der Waals surface area (Å²) >= 11 is 0. The number of aryl methyl sites for hydroxylation is 1. The van der Waals surface area contributed by atoms with Crippen LogP contribution in [0.2, 0.25) is 0 Å². The van der Waals surface area contributed by atoms with Gasteiger partial charge in [0.15, 0.2) is 0 Å². The molecule has 0 radical (unpaired) electrons. The molecule has 0 spiro atoms. The smallest absolute Gasteiger partial charge is 0.00843 e. The monoisotopic (exact) mass is 196 g/mol. The summed E-state index contributed by atoms with van der Waals surface area (Å²) in [6, 6.07) is 8.87. The molecular weight excluding hydrogens is 180 g/mol. The summed E-state index contributed by atoms with van der Waals surface area (Å²) in [4.78, 5) is 0. The van der Waals surface area contributed by atoms with Crippen molar-refractivity contribution in [2.45, 2.75) is 20.3 Å². The van der Waals surface area contributed by atoms with E-state index in [1.54, 1.807) is 11.1 Å². The predicted octanol–water partition coefficient (Wildman–Crippen LogP) is 3.97. The Labute approximate surface area is 91.3 Å². The Balaban J connectivity index is 2.02. The number of hydrogen-bond acceptors (Lipinski definition) is 0. The number of allylic oxidation sites excluding steroid dienone is 4. The third kappa shape index (κ3) is 1.45. The second-order valence-corrected chi connectivity index (χ2v) is 4.85. The second kappa shape index (κ2) is 3.10. The highest BCUT2D eigenvalue weighted by Crippen LogP contribution is 2.54. The molecule has 0 saturated heterocycles. The third-order valence-electron chi connectivity index (χ3n) is 3.65. The molecule has 15 heavy (non-hydrogen) atoms. The van der Waals surface area contributed by atoms with Gasteiger partial charge < -0.3 is 0 Å². The van der Waals surface area contributed by atoms with Gasteiger partial charge in [-0.25, -0.2) is 0 Å².